The van der Waals surface area contributed by atoms with Crippen molar-refractivity contribution in [3.05, 3.63) is 35.9 Å². The number of ether oxygens (including phenoxy) is 2. The first-order valence-corrected chi connectivity index (χ1v) is 8.55. The van der Waals surface area contributed by atoms with Gasteiger partial charge in [0.25, 0.3) is 5.91 Å². The molecule has 0 unspecified atom stereocenters. The van der Waals surface area contributed by atoms with Crippen molar-refractivity contribution in [1.82, 2.24) is 10.0 Å². The van der Waals surface area contributed by atoms with Crippen molar-refractivity contribution in [2.75, 3.05) is 33.4 Å². The highest BCUT2D eigenvalue weighted by Crippen LogP contribution is 2.27. The molecule has 7 nitrogen and oxygen atoms in total. The number of hydrogen-bond donors (Lipinski definition) is 2. The van der Waals surface area contributed by atoms with Crippen LogP contribution in [0.2, 0.25) is 5.02 Å². The number of benzene rings is 1. The van der Waals surface area contributed by atoms with Crippen LogP contribution in [0.25, 0.3) is 0 Å². The van der Waals surface area contributed by atoms with Crippen LogP contribution in [-0.2, 0) is 19.6 Å². The minimum Gasteiger partial charge on any atom is -0.482 e. The Hall–Kier alpha value is -1.61. The molecule has 0 aliphatic heterocycles. The average molecular weight is 363 g/mol. The first-order valence-electron chi connectivity index (χ1n) is 6.69. The number of carbonyl (C=O) groups excluding carboxylic acids is 1. The van der Waals surface area contributed by atoms with Crippen LogP contribution in [0, 0.1) is 0 Å². The predicted octanol–water partition coefficient (Wildman–Crippen LogP) is 0.946. The van der Waals surface area contributed by atoms with Gasteiger partial charge >= 0.3 is 0 Å². The van der Waals surface area contributed by atoms with Gasteiger partial charge in [-0.15, -0.1) is 6.58 Å². The highest BCUT2D eigenvalue weighted by Gasteiger charge is 2.16. The van der Waals surface area contributed by atoms with Crippen LogP contribution in [0.15, 0.2) is 35.7 Å². The quantitative estimate of drug-likeness (QED) is 0.477. The highest BCUT2D eigenvalue weighted by molar-refractivity contribution is 7.89. The zero-order valence-electron chi connectivity index (χ0n) is 12.7. The van der Waals surface area contributed by atoms with Crippen LogP contribution in [0.5, 0.6) is 5.75 Å². The largest absolute Gasteiger partial charge is 0.482 e. The molecular weight excluding hydrogens is 344 g/mol. The average Bonchev–Trinajstić information content (AvgIpc) is 2.51. The van der Waals surface area contributed by atoms with Crippen molar-refractivity contribution in [1.29, 1.82) is 0 Å². The topological polar surface area (TPSA) is 93.7 Å². The molecule has 0 aliphatic carbocycles. The van der Waals surface area contributed by atoms with Crippen molar-refractivity contribution in [2.45, 2.75) is 4.90 Å². The van der Waals surface area contributed by atoms with E-state index in [1.54, 1.807) is 6.08 Å². The number of rotatable bonds is 10. The number of sulfonamides is 1. The first-order chi connectivity index (χ1) is 10.9. The Bertz CT molecular complexity index is 649. The van der Waals surface area contributed by atoms with Gasteiger partial charge in [0.2, 0.25) is 10.0 Å². The summed E-state index contributed by atoms with van der Waals surface area (Å²) in [5, 5.41) is 2.64. The number of halogens is 1. The smallest absolute Gasteiger partial charge is 0.258 e. The zero-order valence-corrected chi connectivity index (χ0v) is 14.2. The molecule has 9 heteroatoms. The molecule has 0 bridgehead atoms. The summed E-state index contributed by atoms with van der Waals surface area (Å²) < 4.78 is 36.4. The van der Waals surface area contributed by atoms with Gasteiger partial charge in [-0.25, -0.2) is 13.1 Å². The molecule has 1 rings (SSSR count). The van der Waals surface area contributed by atoms with Gasteiger partial charge in [0, 0.05) is 20.2 Å². The van der Waals surface area contributed by atoms with E-state index in [2.05, 4.69) is 16.6 Å². The maximum absolute atomic E-state index is 12.0. The van der Waals surface area contributed by atoms with E-state index in [0.29, 0.717) is 6.54 Å². The maximum atomic E-state index is 12.0. The standard InChI is InChI=1S/C14H19ClN2O5S/c1-3-6-16-14(18)10-22-13-5-4-11(9-12(13)15)23(19,20)17-7-8-21-2/h3-5,9,17H,1,6-8,10H2,2H3,(H,16,18). The molecule has 0 saturated carbocycles. The molecule has 128 valence electrons. The minimum absolute atomic E-state index is 0.00191. The summed E-state index contributed by atoms with van der Waals surface area (Å²) >= 11 is 5.99. The second-order valence-corrected chi connectivity index (χ2v) is 6.54. The van der Waals surface area contributed by atoms with E-state index in [-0.39, 0.29) is 41.3 Å². The van der Waals surface area contributed by atoms with Crippen molar-refractivity contribution < 1.29 is 22.7 Å². The lowest BCUT2D eigenvalue weighted by molar-refractivity contribution is -0.122. The van der Waals surface area contributed by atoms with Crippen LogP contribution in [0.3, 0.4) is 0 Å². The lowest BCUT2D eigenvalue weighted by atomic mass is 10.3. The molecule has 0 saturated heterocycles. The molecule has 23 heavy (non-hydrogen) atoms. The van der Waals surface area contributed by atoms with Gasteiger partial charge in [-0.3, -0.25) is 4.79 Å². The van der Waals surface area contributed by atoms with Gasteiger partial charge in [-0.05, 0) is 18.2 Å². The van der Waals surface area contributed by atoms with Crippen molar-refractivity contribution in [3.8, 4) is 5.75 Å². The lowest BCUT2D eigenvalue weighted by Crippen LogP contribution is -2.29. The van der Waals surface area contributed by atoms with Crippen molar-refractivity contribution in [2.24, 2.45) is 0 Å². The van der Waals surface area contributed by atoms with E-state index >= 15 is 0 Å². The molecule has 0 atom stereocenters. The van der Waals surface area contributed by atoms with Crippen molar-refractivity contribution >= 4 is 27.5 Å². The molecule has 0 aliphatic rings. The van der Waals surface area contributed by atoms with E-state index in [4.69, 9.17) is 21.1 Å². The third kappa shape index (κ3) is 6.57. The molecule has 1 aromatic rings. The third-order valence-electron chi connectivity index (χ3n) is 2.61. The van der Waals surface area contributed by atoms with Crippen LogP contribution < -0.4 is 14.8 Å². The Balaban J connectivity index is 2.70. The van der Waals surface area contributed by atoms with Crippen LogP contribution in [-0.4, -0.2) is 47.7 Å². The van der Waals surface area contributed by atoms with Gasteiger partial charge in [0.1, 0.15) is 5.75 Å². The fourth-order valence-corrected chi connectivity index (χ4v) is 2.85. The van der Waals surface area contributed by atoms with E-state index < -0.39 is 10.0 Å². The summed E-state index contributed by atoms with van der Waals surface area (Å²) in [6, 6.07) is 4.00. The Kier molecular flexibility index (Phi) is 8.04. The van der Waals surface area contributed by atoms with Crippen molar-refractivity contribution in [3.63, 3.8) is 0 Å². The number of hydrogen-bond acceptors (Lipinski definition) is 5. The molecular formula is C14H19ClN2O5S. The van der Waals surface area contributed by atoms with Gasteiger partial charge in [0.05, 0.1) is 16.5 Å². The molecule has 2 N–H and O–H groups in total. The van der Waals surface area contributed by atoms with Crippen LogP contribution >= 0.6 is 11.6 Å². The molecule has 0 radical (unpaired) electrons. The van der Waals surface area contributed by atoms with Gasteiger partial charge in [-0.1, -0.05) is 17.7 Å². The van der Waals surface area contributed by atoms with E-state index in [9.17, 15) is 13.2 Å². The Morgan fingerprint density at radius 3 is 2.78 bits per heavy atom. The highest BCUT2D eigenvalue weighted by atomic mass is 35.5. The van der Waals surface area contributed by atoms with E-state index in [1.165, 1.54) is 25.3 Å². The van der Waals surface area contributed by atoms with Gasteiger partial charge in [0.15, 0.2) is 6.61 Å². The Morgan fingerprint density at radius 2 is 2.17 bits per heavy atom. The Labute approximate surface area is 140 Å². The second kappa shape index (κ2) is 9.51. The normalized spacial score (nSPS) is 11.0. The number of nitrogens with one attached hydrogen (secondary N) is 2. The fraction of sp³-hybridized carbons (Fsp3) is 0.357. The predicted molar refractivity (Wildman–Crippen MR) is 87.2 cm³/mol. The maximum Gasteiger partial charge on any atom is 0.258 e. The lowest BCUT2D eigenvalue weighted by Gasteiger charge is -2.10. The molecule has 0 spiro atoms. The zero-order chi connectivity index (χ0) is 17.3. The van der Waals surface area contributed by atoms with Crippen LogP contribution in [0.1, 0.15) is 0 Å². The van der Waals surface area contributed by atoms with Gasteiger partial charge in [-0.2, -0.15) is 0 Å². The number of methoxy groups -OCH3 is 1. The van der Waals surface area contributed by atoms with E-state index in [0.717, 1.165) is 0 Å². The van der Waals surface area contributed by atoms with E-state index in [1.807, 2.05) is 0 Å². The number of carbonyl (C=O) groups is 1. The molecule has 1 amide bonds. The van der Waals surface area contributed by atoms with Crippen LogP contribution in [0.4, 0.5) is 0 Å². The monoisotopic (exact) mass is 362 g/mol. The summed E-state index contributed by atoms with van der Waals surface area (Å²) in [6.07, 6.45) is 1.54. The summed E-state index contributed by atoms with van der Waals surface area (Å²) in [5.41, 5.74) is 0. The third-order valence-corrected chi connectivity index (χ3v) is 4.37. The second-order valence-electron chi connectivity index (χ2n) is 4.36. The Morgan fingerprint density at radius 1 is 1.43 bits per heavy atom. The fourth-order valence-electron chi connectivity index (χ4n) is 1.51. The summed E-state index contributed by atoms with van der Waals surface area (Å²) in [7, 11) is -2.20. The summed E-state index contributed by atoms with van der Waals surface area (Å²) in [5.74, 6) is -0.116. The summed E-state index contributed by atoms with van der Waals surface area (Å²) in [6.45, 7) is 3.99. The minimum atomic E-state index is -3.68. The molecule has 0 fully saturated rings. The molecule has 0 aromatic heterocycles. The van der Waals surface area contributed by atoms with Gasteiger partial charge < -0.3 is 14.8 Å². The SMILES string of the molecule is C=CCNC(=O)COc1ccc(S(=O)(=O)NCCOC)cc1Cl. The molecule has 0 heterocycles. The first kappa shape index (κ1) is 19.4. The summed E-state index contributed by atoms with van der Waals surface area (Å²) in [4.78, 5) is 11.4. The molecule has 1 aromatic carbocycles. The number of amides is 1.